The van der Waals surface area contributed by atoms with Gasteiger partial charge in [-0.25, -0.2) is 8.78 Å². The first-order valence-corrected chi connectivity index (χ1v) is 7.83. The molecule has 0 saturated carbocycles. The number of nitrogens with zero attached hydrogens (tertiary/aromatic N) is 2. The number of carbonyl (C=O) groups excluding carboxylic acids is 1. The Hall–Kier alpha value is -1.73. The van der Waals surface area contributed by atoms with Crippen molar-refractivity contribution in [2.45, 2.75) is 18.6 Å². The molecule has 23 heavy (non-hydrogen) atoms. The van der Waals surface area contributed by atoms with Gasteiger partial charge in [-0.1, -0.05) is 0 Å². The molecule has 2 heterocycles. The number of amides is 1. The first-order chi connectivity index (χ1) is 11.1. The highest BCUT2D eigenvalue weighted by atomic mass is 19.1. The lowest BCUT2D eigenvalue weighted by atomic mass is 10.1. The van der Waals surface area contributed by atoms with E-state index in [4.69, 9.17) is 4.74 Å². The summed E-state index contributed by atoms with van der Waals surface area (Å²) < 4.78 is 32.4. The summed E-state index contributed by atoms with van der Waals surface area (Å²) >= 11 is 0. The molecule has 1 amide bonds. The number of hydrogen-bond acceptors (Lipinski definition) is 4. The fourth-order valence-corrected chi connectivity index (χ4v) is 3.19. The lowest BCUT2D eigenvalue weighted by Gasteiger charge is -2.37. The fourth-order valence-electron chi connectivity index (χ4n) is 3.19. The minimum absolute atomic E-state index is 0.0592. The van der Waals surface area contributed by atoms with Crippen molar-refractivity contribution >= 4 is 11.6 Å². The van der Waals surface area contributed by atoms with Gasteiger partial charge in [-0.3, -0.25) is 4.79 Å². The van der Waals surface area contributed by atoms with Gasteiger partial charge in [0.25, 0.3) is 0 Å². The van der Waals surface area contributed by atoms with E-state index in [-0.39, 0.29) is 23.7 Å². The van der Waals surface area contributed by atoms with Crippen molar-refractivity contribution in [2.24, 2.45) is 0 Å². The molecule has 0 spiro atoms. The maximum atomic E-state index is 13.8. The second kappa shape index (κ2) is 6.80. The van der Waals surface area contributed by atoms with Gasteiger partial charge in [-0.2, -0.15) is 0 Å². The van der Waals surface area contributed by atoms with Crippen molar-refractivity contribution in [1.82, 2.24) is 10.2 Å². The third kappa shape index (κ3) is 3.45. The third-order valence-corrected chi connectivity index (χ3v) is 4.56. The summed E-state index contributed by atoms with van der Waals surface area (Å²) in [6.45, 7) is 2.68. The Morgan fingerprint density at radius 2 is 2.00 bits per heavy atom. The van der Waals surface area contributed by atoms with Gasteiger partial charge in [-0.05, 0) is 18.6 Å². The molecule has 2 atom stereocenters. The van der Waals surface area contributed by atoms with Crippen LogP contribution in [0.4, 0.5) is 14.5 Å². The van der Waals surface area contributed by atoms with Gasteiger partial charge in [0.1, 0.15) is 11.6 Å². The summed E-state index contributed by atoms with van der Waals surface area (Å²) in [4.78, 5) is 16.0. The van der Waals surface area contributed by atoms with E-state index in [1.54, 1.807) is 16.9 Å². The molecule has 5 nitrogen and oxygen atoms in total. The van der Waals surface area contributed by atoms with Crippen molar-refractivity contribution in [1.29, 1.82) is 0 Å². The third-order valence-electron chi connectivity index (χ3n) is 4.56. The summed E-state index contributed by atoms with van der Waals surface area (Å²) in [7, 11) is 1.64. The normalized spacial score (nSPS) is 25.0. The molecule has 3 rings (SSSR count). The topological polar surface area (TPSA) is 44.8 Å². The molecular formula is C16H21F2N3O2. The molecule has 126 valence electrons. The maximum Gasteiger partial charge on any atom is 0.239 e. The van der Waals surface area contributed by atoms with Crippen LogP contribution < -0.4 is 10.2 Å². The van der Waals surface area contributed by atoms with E-state index in [0.29, 0.717) is 39.1 Å². The van der Waals surface area contributed by atoms with Crippen molar-refractivity contribution in [2.75, 3.05) is 44.7 Å². The van der Waals surface area contributed by atoms with E-state index in [0.717, 1.165) is 12.1 Å². The number of ether oxygens (including phenoxy) is 1. The Kier molecular flexibility index (Phi) is 4.77. The molecule has 0 aromatic heterocycles. The Bertz CT molecular complexity index is 576. The number of halogens is 2. The molecule has 2 aliphatic heterocycles. The van der Waals surface area contributed by atoms with E-state index >= 15 is 0 Å². The van der Waals surface area contributed by atoms with Crippen molar-refractivity contribution in [3.05, 3.63) is 29.8 Å². The molecule has 2 saturated heterocycles. The molecule has 0 bridgehead atoms. The van der Waals surface area contributed by atoms with Gasteiger partial charge >= 0.3 is 0 Å². The second-order valence-corrected chi connectivity index (χ2v) is 5.96. The van der Waals surface area contributed by atoms with Gasteiger partial charge < -0.3 is 19.9 Å². The summed E-state index contributed by atoms with van der Waals surface area (Å²) in [6, 6.07) is 3.23. The highest BCUT2D eigenvalue weighted by molar-refractivity contribution is 5.82. The molecule has 0 radical (unpaired) electrons. The maximum absolute atomic E-state index is 13.8. The average Bonchev–Trinajstić information content (AvgIpc) is 3.06. The molecule has 1 aromatic carbocycles. The lowest BCUT2D eigenvalue weighted by Crippen LogP contribution is -2.53. The molecule has 0 unspecified atom stereocenters. The predicted molar refractivity (Wildman–Crippen MR) is 82.4 cm³/mol. The second-order valence-electron chi connectivity index (χ2n) is 5.96. The minimum Gasteiger partial charge on any atom is -0.380 e. The quantitative estimate of drug-likeness (QED) is 0.900. The molecule has 2 fully saturated rings. The van der Waals surface area contributed by atoms with Crippen molar-refractivity contribution < 1.29 is 18.3 Å². The number of piperazine rings is 1. The zero-order chi connectivity index (χ0) is 16.4. The average molecular weight is 325 g/mol. The molecule has 7 heteroatoms. The van der Waals surface area contributed by atoms with Crippen LogP contribution in [-0.4, -0.2) is 62.8 Å². The zero-order valence-electron chi connectivity index (χ0n) is 13.1. The number of rotatable bonds is 3. The SMILES string of the molecule is CO[C@@H]1CN[C@H](C(=O)N2CCN(c3cc(F)ccc3F)CC2)C1. The van der Waals surface area contributed by atoms with E-state index in [1.165, 1.54) is 6.07 Å². The predicted octanol–water partition coefficient (Wildman–Crippen LogP) is 0.990. The number of anilines is 1. The van der Waals surface area contributed by atoms with Crippen LogP contribution >= 0.6 is 0 Å². The van der Waals surface area contributed by atoms with Crippen LogP contribution in [0.25, 0.3) is 0 Å². The molecule has 0 aliphatic carbocycles. The first kappa shape index (κ1) is 16.1. The largest absolute Gasteiger partial charge is 0.380 e. The molecular weight excluding hydrogens is 304 g/mol. The Morgan fingerprint density at radius 1 is 1.26 bits per heavy atom. The molecule has 2 aliphatic rings. The molecule has 1 aromatic rings. The minimum atomic E-state index is -0.458. The van der Waals surface area contributed by atoms with Gasteiger partial charge in [-0.15, -0.1) is 0 Å². The Labute approximate surface area is 134 Å². The summed E-state index contributed by atoms with van der Waals surface area (Å²) in [5, 5.41) is 3.17. The van der Waals surface area contributed by atoms with Crippen LogP contribution in [0.15, 0.2) is 18.2 Å². The Balaban J connectivity index is 1.58. The smallest absolute Gasteiger partial charge is 0.239 e. The van der Waals surface area contributed by atoms with Crippen LogP contribution in [0.3, 0.4) is 0 Å². The monoisotopic (exact) mass is 325 g/mol. The van der Waals surface area contributed by atoms with Gasteiger partial charge in [0.2, 0.25) is 5.91 Å². The van der Waals surface area contributed by atoms with Crippen LogP contribution in [0.2, 0.25) is 0 Å². The summed E-state index contributed by atoms with van der Waals surface area (Å²) in [6.07, 6.45) is 0.750. The summed E-state index contributed by atoms with van der Waals surface area (Å²) in [5.41, 5.74) is 0.260. The summed E-state index contributed by atoms with van der Waals surface area (Å²) in [5.74, 6) is -0.837. The van der Waals surface area contributed by atoms with E-state index in [9.17, 15) is 13.6 Å². The fraction of sp³-hybridized carbons (Fsp3) is 0.562. The van der Waals surface area contributed by atoms with E-state index in [1.807, 2.05) is 0 Å². The van der Waals surface area contributed by atoms with Crippen LogP contribution in [0.5, 0.6) is 0 Å². The number of carbonyl (C=O) groups is 1. The number of benzene rings is 1. The Morgan fingerprint density at radius 3 is 2.65 bits per heavy atom. The van der Waals surface area contributed by atoms with Crippen LogP contribution in [0.1, 0.15) is 6.42 Å². The van der Waals surface area contributed by atoms with Crippen molar-refractivity contribution in [3.63, 3.8) is 0 Å². The van der Waals surface area contributed by atoms with Gasteiger partial charge in [0, 0.05) is 45.9 Å². The number of hydrogen-bond donors (Lipinski definition) is 1. The van der Waals surface area contributed by atoms with E-state index < -0.39 is 11.6 Å². The van der Waals surface area contributed by atoms with Gasteiger partial charge in [0.05, 0.1) is 17.8 Å². The van der Waals surface area contributed by atoms with Crippen molar-refractivity contribution in [3.8, 4) is 0 Å². The van der Waals surface area contributed by atoms with Crippen LogP contribution in [-0.2, 0) is 9.53 Å². The first-order valence-electron chi connectivity index (χ1n) is 7.83. The highest BCUT2D eigenvalue weighted by Crippen LogP contribution is 2.22. The highest BCUT2D eigenvalue weighted by Gasteiger charge is 2.33. The molecule has 1 N–H and O–H groups in total. The number of methoxy groups -OCH3 is 1. The standard InChI is InChI=1S/C16H21F2N3O2/c1-23-12-9-14(19-10-12)16(22)21-6-4-20(5-7-21)15-8-11(17)2-3-13(15)18/h2-3,8,12,14,19H,4-7,9-10H2,1H3/t12-,14-/m0/s1. The number of nitrogens with one attached hydrogen (secondary N) is 1. The van der Waals surface area contributed by atoms with E-state index in [2.05, 4.69) is 5.32 Å². The zero-order valence-corrected chi connectivity index (χ0v) is 13.1. The van der Waals surface area contributed by atoms with Crippen LogP contribution in [0, 0.1) is 11.6 Å². The lowest BCUT2D eigenvalue weighted by molar-refractivity contribution is -0.133. The van der Waals surface area contributed by atoms with Gasteiger partial charge in [0.15, 0.2) is 0 Å².